The lowest BCUT2D eigenvalue weighted by atomic mass is 9.74. The Morgan fingerprint density at radius 2 is 2.00 bits per heavy atom. The van der Waals surface area contributed by atoms with Gasteiger partial charge in [0.05, 0.1) is 5.69 Å². The summed E-state index contributed by atoms with van der Waals surface area (Å²) in [4.78, 5) is 4.16. The van der Waals surface area contributed by atoms with E-state index in [1.807, 2.05) is 13.0 Å². The zero-order valence-corrected chi connectivity index (χ0v) is 14.2. The second-order valence-corrected chi connectivity index (χ2v) is 7.25. The first-order chi connectivity index (χ1) is 9.38. The highest BCUT2D eigenvalue weighted by Gasteiger charge is 2.31. The smallest absolute Gasteiger partial charge is 0.154 e. The van der Waals surface area contributed by atoms with E-state index in [4.69, 9.17) is 23.2 Å². The van der Waals surface area contributed by atoms with E-state index >= 15 is 0 Å². The molecule has 0 saturated heterocycles. The summed E-state index contributed by atoms with van der Waals surface area (Å²) in [6.45, 7) is 8.98. The number of nitrogens with one attached hydrogen (secondary N) is 1. The summed E-state index contributed by atoms with van der Waals surface area (Å²) in [6, 6.07) is 2.34. The molecule has 3 unspecified atom stereocenters. The lowest BCUT2D eigenvalue weighted by Gasteiger charge is -2.38. The maximum absolute atomic E-state index is 6.26. The lowest BCUT2D eigenvalue weighted by molar-refractivity contribution is 0.212. The van der Waals surface area contributed by atoms with Crippen LogP contribution in [0, 0.1) is 24.7 Å². The first-order valence-corrected chi connectivity index (χ1v) is 8.23. The summed E-state index contributed by atoms with van der Waals surface area (Å²) in [7, 11) is 0. The lowest BCUT2D eigenvalue weighted by Crippen LogP contribution is -2.38. The van der Waals surface area contributed by atoms with Crippen LogP contribution in [0.2, 0.25) is 10.3 Å². The molecule has 0 bridgehead atoms. The second kappa shape index (κ2) is 6.53. The normalized spacial score (nSPS) is 26.9. The quantitative estimate of drug-likeness (QED) is 0.738. The molecule has 1 N–H and O–H groups in total. The standard InChI is InChI=1S/C16H24Cl2N2/c1-9(2)12-6-5-10(3)7-13(12)19-15-11(4)8-14(17)20-16(15)18/h8-10,12-13,19H,5-7H2,1-4H3. The third-order valence-electron chi connectivity index (χ3n) is 4.49. The molecule has 1 saturated carbocycles. The van der Waals surface area contributed by atoms with Crippen molar-refractivity contribution in [1.82, 2.24) is 4.98 Å². The summed E-state index contributed by atoms with van der Waals surface area (Å²) < 4.78 is 0. The van der Waals surface area contributed by atoms with Gasteiger partial charge in [-0.3, -0.25) is 0 Å². The largest absolute Gasteiger partial charge is 0.379 e. The first kappa shape index (κ1) is 15.9. The maximum Gasteiger partial charge on any atom is 0.154 e. The molecule has 2 rings (SSSR count). The highest BCUT2D eigenvalue weighted by atomic mass is 35.5. The molecule has 0 aromatic carbocycles. The van der Waals surface area contributed by atoms with Gasteiger partial charge >= 0.3 is 0 Å². The number of rotatable bonds is 3. The van der Waals surface area contributed by atoms with E-state index < -0.39 is 0 Å². The van der Waals surface area contributed by atoms with Crippen molar-refractivity contribution in [3.63, 3.8) is 0 Å². The number of hydrogen-bond acceptors (Lipinski definition) is 2. The minimum Gasteiger partial charge on any atom is -0.379 e. The Morgan fingerprint density at radius 3 is 2.60 bits per heavy atom. The van der Waals surface area contributed by atoms with E-state index in [-0.39, 0.29) is 0 Å². The van der Waals surface area contributed by atoms with Crippen molar-refractivity contribution in [1.29, 1.82) is 0 Å². The number of aromatic nitrogens is 1. The van der Waals surface area contributed by atoms with Gasteiger partial charge in [-0.15, -0.1) is 0 Å². The van der Waals surface area contributed by atoms with E-state index in [1.54, 1.807) is 0 Å². The predicted molar refractivity (Wildman–Crippen MR) is 87.7 cm³/mol. The van der Waals surface area contributed by atoms with Crippen LogP contribution in [-0.2, 0) is 0 Å². The van der Waals surface area contributed by atoms with Crippen molar-refractivity contribution in [3.8, 4) is 0 Å². The molecule has 1 aliphatic rings. The molecule has 1 aromatic heterocycles. The minimum absolute atomic E-state index is 0.454. The fourth-order valence-electron chi connectivity index (χ4n) is 3.32. The van der Waals surface area contributed by atoms with Gasteiger partial charge in [0.2, 0.25) is 0 Å². The van der Waals surface area contributed by atoms with Gasteiger partial charge in [-0.05, 0) is 49.1 Å². The zero-order valence-electron chi connectivity index (χ0n) is 12.7. The van der Waals surface area contributed by atoms with Crippen molar-refractivity contribution in [2.45, 2.75) is 53.0 Å². The second-order valence-electron chi connectivity index (χ2n) is 6.50. The van der Waals surface area contributed by atoms with Crippen LogP contribution in [0.3, 0.4) is 0 Å². The van der Waals surface area contributed by atoms with Crippen LogP contribution in [0.25, 0.3) is 0 Å². The molecule has 112 valence electrons. The molecule has 0 aliphatic heterocycles. The summed E-state index contributed by atoms with van der Waals surface area (Å²) in [5, 5.41) is 4.59. The zero-order chi connectivity index (χ0) is 14.9. The van der Waals surface area contributed by atoms with E-state index in [0.29, 0.717) is 28.2 Å². The van der Waals surface area contributed by atoms with E-state index in [0.717, 1.165) is 17.2 Å². The summed E-state index contributed by atoms with van der Waals surface area (Å²) in [6.07, 6.45) is 3.81. The topological polar surface area (TPSA) is 24.9 Å². The minimum atomic E-state index is 0.454. The van der Waals surface area contributed by atoms with Gasteiger partial charge in [-0.2, -0.15) is 0 Å². The van der Waals surface area contributed by atoms with Crippen LogP contribution in [0.15, 0.2) is 6.07 Å². The van der Waals surface area contributed by atoms with Crippen LogP contribution >= 0.6 is 23.2 Å². The van der Waals surface area contributed by atoms with Crippen molar-refractivity contribution < 1.29 is 0 Å². The van der Waals surface area contributed by atoms with E-state index in [2.05, 4.69) is 31.1 Å². The SMILES string of the molecule is Cc1cc(Cl)nc(Cl)c1NC1CC(C)CCC1C(C)C. The van der Waals surface area contributed by atoms with Crippen molar-refractivity contribution >= 4 is 28.9 Å². The van der Waals surface area contributed by atoms with Gasteiger partial charge in [-0.25, -0.2) is 4.98 Å². The summed E-state index contributed by atoms with van der Waals surface area (Å²) >= 11 is 12.2. The third-order valence-corrected chi connectivity index (χ3v) is 4.96. The molecule has 0 amide bonds. The number of pyridine rings is 1. The molecule has 1 aliphatic carbocycles. The fraction of sp³-hybridized carbons (Fsp3) is 0.688. The summed E-state index contributed by atoms with van der Waals surface area (Å²) in [5.41, 5.74) is 2.01. The monoisotopic (exact) mass is 314 g/mol. The van der Waals surface area contributed by atoms with Crippen LogP contribution in [-0.4, -0.2) is 11.0 Å². The van der Waals surface area contributed by atoms with Gasteiger partial charge in [0.25, 0.3) is 0 Å². The van der Waals surface area contributed by atoms with Gasteiger partial charge in [0.15, 0.2) is 5.15 Å². The molecule has 20 heavy (non-hydrogen) atoms. The molecule has 1 aromatic rings. The average Bonchev–Trinajstić information content (AvgIpc) is 2.33. The maximum atomic E-state index is 6.26. The van der Waals surface area contributed by atoms with Gasteiger partial charge in [-0.1, -0.05) is 50.4 Å². The Morgan fingerprint density at radius 1 is 1.30 bits per heavy atom. The van der Waals surface area contributed by atoms with Crippen LogP contribution in [0.4, 0.5) is 5.69 Å². The average molecular weight is 315 g/mol. The number of nitrogens with zero attached hydrogens (tertiary/aromatic N) is 1. The highest BCUT2D eigenvalue weighted by Crippen LogP contribution is 2.37. The van der Waals surface area contributed by atoms with Crippen molar-refractivity contribution in [2.24, 2.45) is 17.8 Å². The Kier molecular flexibility index (Phi) is 5.19. The Bertz CT molecular complexity index is 451. The van der Waals surface area contributed by atoms with Crippen molar-refractivity contribution in [2.75, 3.05) is 5.32 Å². The third kappa shape index (κ3) is 3.59. The van der Waals surface area contributed by atoms with Gasteiger partial charge in [0, 0.05) is 6.04 Å². The molecule has 3 atom stereocenters. The van der Waals surface area contributed by atoms with Gasteiger partial charge in [0.1, 0.15) is 5.15 Å². The van der Waals surface area contributed by atoms with Crippen LogP contribution in [0.1, 0.15) is 45.6 Å². The molecule has 2 nitrogen and oxygen atoms in total. The summed E-state index contributed by atoms with van der Waals surface area (Å²) in [5.74, 6) is 2.14. The van der Waals surface area contributed by atoms with E-state index in [1.165, 1.54) is 19.3 Å². The predicted octanol–water partition coefficient (Wildman–Crippen LogP) is 5.57. The molecule has 1 heterocycles. The first-order valence-electron chi connectivity index (χ1n) is 7.47. The molecule has 0 radical (unpaired) electrons. The number of hydrogen-bond donors (Lipinski definition) is 1. The Labute approximate surface area is 132 Å². The Balaban J connectivity index is 2.22. The Hall–Kier alpha value is -0.470. The number of halogens is 2. The molecular formula is C16H24Cl2N2. The van der Waals surface area contributed by atoms with Crippen LogP contribution in [0.5, 0.6) is 0 Å². The number of anilines is 1. The molecule has 4 heteroatoms. The van der Waals surface area contributed by atoms with E-state index in [9.17, 15) is 0 Å². The van der Waals surface area contributed by atoms with Crippen LogP contribution < -0.4 is 5.32 Å². The van der Waals surface area contributed by atoms with Crippen molar-refractivity contribution in [3.05, 3.63) is 21.9 Å². The molecular weight excluding hydrogens is 291 g/mol. The van der Waals surface area contributed by atoms with Gasteiger partial charge < -0.3 is 5.32 Å². The molecule has 1 fully saturated rings. The highest BCUT2D eigenvalue weighted by molar-refractivity contribution is 6.34. The number of aryl methyl sites for hydroxylation is 1. The molecule has 0 spiro atoms. The fourth-order valence-corrected chi connectivity index (χ4v) is 3.91.